The fourth-order valence-electron chi connectivity index (χ4n) is 18.3. The van der Waals surface area contributed by atoms with Crippen LogP contribution >= 0.6 is 9.18 Å². The zero-order valence-electron chi connectivity index (χ0n) is 46.3. The van der Waals surface area contributed by atoms with Crippen molar-refractivity contribution in [1.82, 2.24) is 0 Å². The first-order chi connectivity index (χ1) is 32.9. The summed E-state index contributed by atoms with van der Waals surface area (Å²) in [5.41, 5.74) is 4.63. The van der Waals surface area contributed by atoms with Crippen molar-refractivity contribution in [2.24, 2.45) is 76.8 Å². The Bertz CT molecular complexity index is 2440. The van der Waals surface area contributed by atoms with Gasteiger partial charge in [0.25, 0.3) is 0 Å². The predicted octanol–water partition coefficient (Wildman–Crippen LogP) is 12.2. The molecule has 10 aliphatic carbocycles. The Morgan fingerprint density at radius 3 is 1.29 bits per heavy atom. The summed E-state index contributed by atoms with van der Waals surface area (Å²) in [7, 11) is 0.333. The summed E-state index contributed by atoms with van der Waals surface area (Å²) in [6.45, 7) is 29.0. The van der Waals surface area contributed by atoms with E-state index in [0.717, 1.165) is 99.3 Å². The highest BCUT2D eigenvalue weighted by Gasteiger charge is 2.69. The van der Waals surface area contributed by atoms with Crippen LogP contribution in [0.3, 0.4) is 0 Å². The average molecular weight is 1020 g/mol. The minimum absolute atomic E-state index is 0. The van der Waals surface area contributed by atoms with E-state index in [4.69, 9.17) is 1.28 Å². The van der Waals surface area contributed by atoms with Crippen LogP contribution in [0.25, 0.3) is 0 Å². The van der Waals surface area contributed by atoms with Crippen molar-refractivity contribution in [2.45, 2.75) is 200 Å². The SMILES string of the molecule is C.C.C[C@@]1(C=O)CC[C@]2(C)CC[C@]3(C)C4=CC=C5C(=CC(=O)[C@H](O)[C@@]5(C)CO)[C@]4(C)CC[C@@]3(C)[C@@H]2C1.C[C@@]1(CO)CC[C@]2(C)CC[C@]3(C)C4=CC=C5C(=CC(=O)[C@H](O)[C@@]5(C)CO)[C@]4(C)CC[C@@]3(C)[C@@H]2C1.[2H]PC. The molecule has 0 heterocycles. The summed E-state index contributed by atoms with van der Waals surface area (Å²) < 4.78 is 6.24. The van der Waals surface area contributed by atoms with Crippen LogP contribution in [-0.4, -0.2) is 83.4 Å². The minimum Gasteiger partial charge on any atom is -0.396 e. The number of aldehydes is 1. The second-order valence-electron chi connectivity index (χ2n) is 27.9. The van der Waals surface area contributed by atoms with Gasteiger partial charge in [-0.05, 0) is 174 Å². The molecule has 10 aliphatic rings. The van der Waals surface area contributed by atoms with E-state index in [0.29, 0.717) is 26.4 Å². The van der Waals surface area contributed by atoms with E-state index in [1.807, 2.05) is 13.6 Å². The van der Waals surface area contributed by atoms with Crippen LogP contribution in [0.5, 0.6) is 0 Å². The summed E-state index contributed by atoms with van der Waals surface area (Å²) in [6, 6.07) is 0. The van der Waals surface area contributed by atoms with Gasteiger partial charge in [0.15, 0.2) is 11.6 Å². The number of carbonyl (C=O) groups is 3. The van der Waals surface area contributed by atoms with Crippen molar-refractivity contribution in [1.29, 1.82) is 1.28 Å². The highest BCUT2D eigenvalue weighted by molar-refractivity contribution is 7.15. The average Bonchev–Trinajstić information content (AvgIpc) is 3.34. The number of hydrogen-bond acceptors (Lipinski definition) is 8. The molecule has 1 unspecified atom stereocenters. The lowest BCUT2D eigenvalue weighted by atomic mass is 9.34. The molecule has 72 heavy (non-hydrogen) atoms. The fourth-order valence-corrected chi connectivity index (χ4v) is 18.3. The van der Waals surface area contributed by atoms with Gasteiger partial charge < -0.3 is 30.3 Å². The molecule has 0 spiro atoms. The van der Waals surface area contributed by atoms with E-state index >= 15 is 0 Å². The van der Waals surface area contributed by atoms with Gasteiger partial charge in [0.05, 0.1) is 14.5 Å². The van der Waals surface area contributed by atoms with Gasteiger partial charge in [-0.3, -0.25) is 9.59 Å². The van der Waals surface area contributed by atoms with Gasteiger partial charge in [-0.1, -0.05) is 140 Å². The summed E-state index contributed by atoms with van der Waals surface area (Å²) in [4.78, 5) is 37.9. The quantitative estimate of drug-likeness (QED) is 0.138. The van der Waals surface area contributed by atoms with E-state index < -0.39 is 23.0 Å². The Kier molecular flexibility index (Phi) is 14.9. The molecular weight excluding hydrogens is 916 g/mol. The van der Waals surface area contributed by atoms with Crippen LogP contribution in [0.1, 0.15) is 188 Å². The number of carbonyl (C=O) groups excluding carboxylic acids is 3. The Morgan fingerprint density at radius 1 is 0.542 bits per heavy atom. The molecule has 6 saturated carbocycles. The van der Waals surface area contributed by atoms with Gasteiger partial charge in [0.2, 0.25) is 0 Å². The largest absolute Gasteiger partial charge is 0.396 e. The van der Waals surface area contributed by atoms with Gasteiger partial charge in [0.1, 0.15) is 18.5 Å². The van der Waals surface area contributed by atoms with Crippen molar-refractivity contribution in [3.05, 3.63) is 69.9 Å². The van der Waals surface area contributed by atoms with Gasteiger partial charge in [-0.25, -0.2) is 0 Å². The Labute approximate surface area is 439 Å². The van der Waals surface area contributed by atoms with Crippen LogP contribution in [0.4, 0.5) is 0 Å². The lowest BCUT2D eigenvalue weighted by molar-refractivity contribution is -0.166. The third-order valence-electron chi connectivity index (χ3n) is 24.2. The maximum absolute atomic E-state index is 12.9. The summed E-state index contributed by atoms with van der Waals surface area (Å²) in [5, 5.41) is 52.1. The van der Waals surface area contributed by atoms with Crippen molar-refractivity contribution in [2.75, 3.05) is 26.5 Å². The zero-order chi connectivity index (χ0) is 52.6. The first-order valence-electron chi connectivity index (χ1n) is 27.5. The van der Waals surface area contributed by atoms with Crippen LogP contribution < -0.4 is 0 Å². The smallest absolute Gasteiger partial charge is 0.185 e. The first kappa shape index (κ1) is 57.4. The topological polar surface area (TPSA) is 152 Å². The molecule has 0 radical (unpaired) electrons. The lowest BCUT2D eigenvalue weighted by Gasteiger charge is -2.70. The van der Waals surface area contributed by atoms with E-state index in [9.17, 15) is 39.9 Å². The summed E-state index contributed by atoms with van der Waals surface area (Å²) in [6.07, 6.45) is 25.9. The highest BCUT2D eigenvalue weighted by Crippen LogP contribution is 2.78. The molecule has 10 rings (SSSR count). The molecule has 0 amide bonds. The number of aliphatic hydroxyl groups is 5. The molecule has 0 aliphatic heterocycles. The van der Waals surface area contributed by atoms with Gasteiger partial charge in [-0.15, -0.1) is 9.18 Å². The standard InChI is InChI=1S/C30H44O4.C30H42O4.CH5P.2CH4/c2*1-25(17-31)9-10-26(2)11-13-29(5)22-8-7-19-20(15-21(33)24(34)28(19,4)18-32)27(22,3)12-14-30(29,6)23(26)16-25;1-2;;/h7-8,15,23-24,31-32,34H,9-14,16-18H2,1-6H3;7-8,15,17,23-24,32,34H,9-14,16,18H2,1-6H3;2H2,1H3;2*1H4/t2*23-,24+,25-,26-,27+,28+,29-,30+;;;/m11.../s1/i;;2D;;. The van der Waals surface area contributed by atoms with Crippen molar-refractivity contribution < 1.29 is 39.9 Å². The van der Waals surface area contributed by atoms with Crippen molar-refractivity contribution >= 4 is 27.0 Å². The fraction of sp³-hybridized carbons (Fsp3) is 0.762. The van der Waals surface area contributed by atoms with Gasteiger partial charge in [-0.2, -0.15) is 0 Å². The molecule has 0 aromatic carbocycles. The van der Waals surface area contributed by atoms with Crippen LogP contribution in [0.2, 0.25) is 0 Å². The molecule has 6 fully saturated rings. The van der Waals surface area contributed by atoms with E-state index in [2.05, 4.69) is 93.5 Å². The van der Waals surface area contributed by atoms with Crippen LogP contribution in [0.15, 0.2) is 69.9 Å². The number of allylic oxidation sites excluding steroid dienone is 8. The monoisotopic (exact) mass is 1020 g/mol. The molecule has 404 valence electrons. The second-order valence-corrected chi connectivity index (χ2v) is 27.9. The van der Waals surface area contributed by atoms with Crippen molar-refractivity contribution in [3.8, 4) is 0 Å². The molecule has 8 nitrogen and oxygen atoms in total. The summed E-state index contributed by atoms with van der Waals surface area (Å²) in [5.74, 6) is 0.443. The van der Waals surface area contributed by atoms with Crippen molar-refractivity contribution in [3.63, 3.8) is 0 Å². The molecule has 9 heteroatoms. The number of fused-ring (bicyclic) bond motifs is 14. The maximum Gasteiger partial charge on any atom is 0.185 e. The molecular formula is C63H99O8P. The highest BCUT2D eigenvalue weighted by atomic mass is 31.0. The van der Waals surface area contributed by atoms with Crippen LogP contribution in [0, 0.1) is 76.8 Å². The second kappa shape index (κ2) is 18.7. The number of hydrogen-bond donors (Lipinski definition) is 5. The molecule has 0 saturated heterocycles. The number of aliphatic hydroxyl groups excluding tert-OH is 5. The third kappa shape index (κ3) is 7.70. The predicted molar refractivity (Wildman–Crippen MR) is 296 cm³/mol. The van der Waals surface area contributed by atoms with E-state index in [-0.39, 0.29) is 95.0 Å². The number of rotatable bonds is 4. The van der Waals surface area contributed by atoms with Crippen LogP contribution in [-0.2, 0) is 14.4 Å². The Hall–Kier alpha value is -2.32. The minimum atomic E-state index is -1.21. The normalized spacial score (nSPS) is 49.8. The van der Waals surface area contributed by atoms with E-state index in [1.54, 1.807) is 19.1 Å². The Balaban J connectivity index is 0.000000220. The Morgan fingerprint density at radius 2 is 0.917 bits per heavy atom. The maximum atomic E-state index is 12.9. The zero-order valence-corrected chi connectivity index (χ0v) is 46.3. The molecule has 0 aromatic rings. The summed E-state index contributed by atoms with van der Waals surface area (Å²) >= 11 is 0. The van der Waals surface area contributed by atoms with Gasteiger partial charge >= 0.3 is 0 Å². The first-order valence-corrected chi connectivity index (χ1v) is 28.0. The molecule has 17 atom stereocenters. The molecule has 5 N–H and O–H groups in total. The molecule has 0 aromatic heterocycles. The third-order valence-corrected chi connectivity index (χ3v) is 24.2. The van der Waals surface area contributed by atoms with E-state index in [1.165, 1.54) is 30.3 Å². The van der Waals surface area contributed by atoms with Gasteiger partial charge in [0, 0.05) is 33.7 Å². The lowest BCUT2D eigenvalue weighted by Crippen LogP contribution is -2.62. The molecule has 0 bridgehead atoms. The number of ketones is 2.